The van der Waals surface area contributed by atoms with Gasteiger partial charge in [-0.25, -0.2) is 0 Å². The van der Waals surface area contributed by atoms with Gasteiger partial charge in [-0.05, 0) is 61.7 Å². The van der Waals surface area contributed by atoms with Gasteiger partial charge in [0.1, 0.15) is 17.1 Å². The van der Waals surface area contributed by atoms with Crippen molar-refractivity contribution in [2.75, 3.05) is 13.1 Å². The number of aromatic nitrogens is 1. The zero-order chi connectivity index (χ0) is 24.3. The zero-order valence-corrected chi connectivity index (χ0v) is 19.1. The summed E-state index contributed by atoms with van der Waals surface area (Å²) in [5.74, 6) is 0. The molecule has 0 spiro atoms. The van der Waals surface area contributed by atoms with Crippen molar-refractivity contribution >= 4 is 0 Å². The molecule has 0 aliphatic carbocycles. The van der Waals surface area contributed by atoms with E-state index in [0.29, 0.717) is 5.56 Å². The van der Waals surface area contributed by atoms with Crippen LogP contribution in [-0.4, -0.2) is 22.6 Å². The highest BCUT2D eigenvalue weighted by Gasteiger charge is 2.35. The highest BCUT2D eigenvalue weighted by molar-refractivity contribution is 5.63. The van der Waals surface area contributed by atoms with Crippen LogP contribution in [0.15, 0.2) is 54.6 Å². The van der Waals surface area contributed by atoms with Gasteiger partial charge in [-0.15, -0.1) is 0 Å². The fraction of sp³-hybridized carbons (Fsp3) is 0.333. The van der Waals surface area contributed by atoms with Crippen LogP contribution in [0.5, 0.6) is 0 Å². The minimum atomic E-state index is -4.73. The Bertz CT molecular complexity index is 1260. The van der Waals surface area contributed by atoms with Gasteiger partial charge >= 0.3 is 6.18 Å². The van der Waals surface area contributed by atoms with Crippen LogP contribution in [0.4, 0.5) is 13.2 Å². The lowest BCUT2D eigenvalue weighted by Gasteiger charge is -2.26. The first kappa shape index (κ1) is 23.8. The summed E-state index contributed by atoms with van der Waals surface area (Å²) in [6.07, 6.45) is -1.01. The molecule has 0 amide bonds. The number of benzene rings is 2. The number of nitriles is 1. The van der Waals surface area contributed by atoms with Crippen molar-refractivity contribution in [2.45, 2.75) is 45.5 Å². The average molecular weight is 465 g/mol. The minimum absolute atomic E-state index is 0.193. The van der Waals surface area contributed by atoms with E-state index in [-0.39, 0.29) is 12.2 Å². The average Bonchev–Trinajstić information content (AvgIpc) is 2.81. The van der Waals surface area contributed by atoms with E-state index >= 15 is 0 Å². The summed E-state index contributed by atoms with van der Waals surface area (Å²) in [5.41, 5.74) is 1.60. The standard InChI is InChI=1S/C27H27F3N4/c1-19-6-5-7-22(14-19)25-15-24(27(28,29)30)23(16-31)26(32)34(25)18-21-10-8-20(9-11-21)17-33-12-3-2-4-13-33/h5-11,14-15,32H,2-4,12-13,17-18H2,1H3. The zero-order valence-electron chi connectivity index (χ0n) is 19.1. The normalized spacial score (nSPS) is 14.7. The van der Waals surface area contributed by atoms with Crippen LogP contribution in [-0.2, 0) is 19.3 Å². The predicted octanol–water partition coefficient (Wildman–Crippen LogP) is 5.87. The fourth-order valence-electron chi connectivity index (χ4n) is 4.52. The summed E-state index contributed by atoms with van der Waals surface area (Å²) in [5, 5.41) is 18.0. The smallest absolute Gasteiger partial charge is 0.321 e. The summed E-state index contributed by atoms with van der Waals surface area (Å²) in [7, 11) is 0. The van der Waals surface area contributed by atoms with Gasteiger partial charge in [-0.1, -0.05) is 54.4 Å². The van der Waals surface area contributed by atoms with Crippen LogP contribution < -0.4 is 5.49 Å². The second-order valence-electron chi connectivity index (χ2n) is 8.89. The third kappa shape index (κ3) is 5.23. The van der Waals surface area contributed by atoms with Gasteiger partial charge in [0.2, 0.25) is 0 Å². The molecule has 1 fully saturated rings. The number of alkyl halides is 3. The SMILES string of the molecule is Cc1cccc(-c2cc(C(F)(F)F)c(C#N)c(=N)n2Cc2ccc(CN3CCCCC3)cc2)c1. The van der Waals surface area contributed by atoms with E-state index in [1.54, 1.807) is 24.3 Å². The molecule has 0 radical (unpaired) electrons. The Kier molecular flexibility index (Phi) is 6.90. The molecule has 34 heavy (non-hydrogen) atoms. The Morgan fingerprint density at radius 3 is 2.18 bits per heavy atom. The Hall–Kier alpha value is -3.37. The summed E-state index contributed by atoms with van der Waals surface area (Å²) in [6.45, 7) is 5.14. The van der Waals surface area contributed by atoms with Gasteiger partial charge in [0, 0.05) is 13.1 Å². The molecule has 1 aromatic heterocycles. The maximum absolute atomic E-state index is 13.7. The van der Waals surface area contributed by atoms with Crippen LogP contribution >= 0.6 is 0 Å². The van der Waals surface area contributed by atoms with Crippen molar-refractivity contribution < 1.29 is 13.2 Å². The maximum atomic E-state index is 13.7. The molecule has 4 nitrogen and oxygen atoms in total. The number of nitrogens with one attached hydrogen (secondary N) is 1. The molecule has 2 aromatic carbocycles. The molecule has 3 aromatic rings. The third-order valence-electron chi connectivity index (χ3n) is 6.30. The van der Waals surface area contributed by atoms with Gasteiger partial charge in [0.05, 0.1) is 11.3 Å². The highest BCUT2D eigenvalue weighted by Crippen LogP contribution is 2.34. The first-order chi connectivity index (χ1) is 16.3. The molecular formula is C27H27F3N4. The van der Waals surface area contributed by atoms with Crippen molar-refractivity contribution in [1.82, 2.24) is 9.47 Å². The number of hydrogen-bond donors (Lipinski definition) is 1. The van der Waals surface area contributed by atoms with Gasteiger partial charge in [0.15, 0.2) is 0 Å². The number of aryl methyl sites for hydroxylation is 1. The molecular weight excluding hydrogens is 437 g/mol. The van der Waals surface area contributed by atoms with Crippen molar-refractivity contribution in [3.05, 3.63) is 87.9 Å². The van der Waals surface area contributed by atoms with Gasteiger partial charge < -0.3 is 4.57 Å². The number of nitrogens with zero attached hydrogens (tertiary/aromatic N) is 3. The first-order valence-electron chi connectivity index (χ1n) is 11.4. The summed E-state index contributed by atoms with van der Waals surface area (Å²) >= 11 is 0. The lowest BCUT2D eigenvalue weighted by Crippen LogP contribution is -2.29. The van der Waals surface area contributed by atoms with E-state index in [0.717, 1.165) is 36.8 Å². The van der Waals surface area contributed by atoms with E-state index in [2.05, 4.69) is 4.90 Å². The third-order valence-corrected chi connectivity index (χ3v) is 6.30. The number of likely N-dealkylation sites (tertiary alicyclic amines) is 1. The van der Waals surface area contributed by atoms with Crippen LogP contribution in [0.25, 0.3) is 11.3 Å². The fourth-order valence-corrected chi connectivity index (χ4v) is 4.52. The number of pyridine rings is 1. The Morgan fingerprint density at radius 1 is 0.941 bits per heavy atom. The predicted molar refractivity (Wildman–Crippen MR) is 125 cm³/mol. The van der Waals surface area contributed by atoms with E-state index in [1.165, 1.54) is 29.4 Å². The number of piperidine rings is 1. The van der Waals surface area contributed by atoms with E-state index in [4.69, 9.17) is 5.41 Å². The Morgan fingerprint density at radius 2 is 1.59 bits per heavy atom. The van der Waals surface area contributed by atoms with Crippen molar-refractivity contribution in [3.63, 3.8) is 0 Å². The molecule has 0 atom stereocenters. The molecule has 7 heteroatoms. The van der Waals surface area contributed by atoms with Crippen LogP contribution in [0.2, 0.25) is 0 Å². The number of rotatable bonds is 5. The summed E-state index contributed by atoms with van der Waals surface area (Å²) in [4.78, 5) is 2.43. The van der Waals surface area contributed by atoms with Gasteiger partial charge in [0.25, 0.3) is 0 Å². The van der Waals surface area contributed by atoms with E-state index in [9.17, 15) is 18.4 Å². The second-order valence-corrected chi connectivity index (χ2v) is 8.89. The van der Waals surface area contributed by atoms with Gasteiger partial charge in [-0.2, -0.15) is 18.4 Å². The van der Waals surface area contributed by atoms with Crippen LogP contribution in [0.1, 0.15) is 47.1 Å². The maximum Gasteiger partial charge on any atom is 0.417 e. The molecule has 176 valence electrons. The number of halogens is 3. The van der Waals surface area contributed by atoms with E-state index in [1.807, 2.05) is 37.3 Å². The van der Waals surface area contributed by atoms with Gasteiger partial charge in [-0.3, -0.25) is 10.3 Å². The van der Waals surface area contributed by atoms with Crippen LogP contribution in [0.3, 0.4) is 0 Å². The second kappa shape index (κ2) is 9.86. The molecule has 1 aliphatic rings. The minimum Gasteiger partial charge on any atom is -0.321 e. The first-order valence-corrected chi connectivity index (χ1v) is 11.4. The molecule has 0 unspecified atom stereocenters. The molecule has 1 saturated heterocycles. The molecule has 4 rings (SSSR count). The summed E-state index contributed by atoms with van der Waals surface area (Å²) in [6, 6.07) is 17.7. The summed E-state index contributed by atoms with van der Waals surface area (Å²) < 4.78 is 42.7. The van der Waals surface area contributed by atoms with Crippen molar-refractivity contribution in [3.8, 4) is 17.3 Å². The van der Waals surface area contributed by atoms with E-state index < -0.39 is 22.8 Å². The molecule has 0 saturated carbocycles. The Balaban J connectivity index is 1.73. The lowest BCUT2D eigenvalue weighted by atomic mass is 10.0. The van der Waals surface area contributed by atoms with Crippen molar-refractivity contribution in [2.24, 2.45) is 0 Å². The van der Waals surface area contributed by atoms with Crippen molar-refractivity contribution in [1.29, 1.82) is 10.7 Å². The monoisotopic (exact) mass is 464 g/mol. The number of hydrogen-bond acceptors (Lipinski definition) is 3. The molecule has 2 heterocycles. The molecule has 1 aliphatic heterocycles. The highest BCUT2D eigenvalue weighted by atomic mass is 19.4. The largest absolute Gasteiger partial charge is 0.417 e. The quantitative estimate of drug-likeness (QED) is 0.514. The lowest BCUT2D eigenvalue weighted by molar-refractivity contribution is -0.137. The van der Waals surface area contributed by atoms with Crippen LogP contribution in [0, 0.1) is 23.7 Å². The molecule has 0 bridgehead atoms. The Labute approximate surface area is 197 Å². The molecule has 1 N–H and O–H groups in total. The topological polar surface area (TPSA) is 55.8 Å².